The van der Waals surface area contributed by atoms with E-state index in [1.807, 2.05) is 13.0 Å². The van der Waals surface area contributed by atoms with Crippen LogP contribution in [0.1, 0.15) is 32.3 Å². The van der Waals surface area contributed by atoms with Crippen LogP contribution >= 0.6 is 27.5 Å². The molecule has 2 N–H and O–H groups in total. The van der Waals surface area contributed by atoms with Gasteiger partial charge in [0, 0.05) is 16.0 Å². The molecule has 1 unspecified atom stereocenters. The van der Waals surface area contributed by atoms with E-state index in [1.165, 1.54) is 0 Å². The molecule has 0 aromatic heterocycles. The Morgan fingerprint density at radius 1 is 1.56 bits per heavy atom. The Labute approximate surface area is 121 Å². The lowest BCUT2D eigenvalue weighted by molar-refractivity contribution is -0.144. The van der Waals surface area contributed by atoms with Gasteiger partial charge in [0.05, 0.1) is 0 Å². The first-order valence-corrected chi connectivity index (χ1v) is 6.98. The molecular weight excluding hydrogens is 318 g/mol. The number of hydrogen-bond acceptors (Lipinski definition) is 2. The minimum atomic E-state index is -0.895. The number of nitrogens with one attached hydrogen (secondary N) is 1. The fourth-order valence-electron chi connectivity index (χ4n) is 1.73. The fourth-order valence-corrected chi connectivity index (χ4v) is 2.55. The molecule has 0 amide bonds. The van der Waals surface area contributed by atoms with Crippen molar-refractivity contribution >= 4 is 33.5 Å². The Hall–Kier alpha value is -0.580. The maximum absolute atomic E-state index is 11.3. The molecule has 1 aromatic rings. The molecule has 1 rings (SSSR count). The SMILES string of the molecule is CCCC(C)(NCc1ccc(Cl)cc1Br)C(=O)O. The molecule has 1 aromatic carbocycles. The van der Waals surface area contributed by atoms with E-state index in [-0.39, 0.29) is 0 Å². The molecule has 18 heavy (non-hydrogen) atoms. The normalized spacial score (nSPS) is 14.2. The molecular formula is C13H17BrClNO2. The lowest BCUT2D eigenvalue weighted by Crippen LogP contribution is -2.48. The van der Waals surface area contributed by atoms with Crippen molar-refractivity contribution in [2.24, 2.45) is 0 Å². The Kier molecular flexibility index (Phi) is 5.63. The summed E-state index contributed by atoms with van der Waals surface area (Å²) in [6, 6.07) is 5.48. The molecule has 0 bridgehead atoms. The van der Waals surface area contributed by atoms with Gasteiger partial charge in [0.15, 0.2) is 0 Å². The predicted molar refractivity (Wildman–Crippen MR) is 76.9 cm³/mol. The number of hydrogen-bond donors (Lipinski definition) is 2. The third kappa shape index (κ3) is 3.97. The van der Waals surface area contributed by atoms with Crippen molar-refractivity contribution in [3.63, 3.8) is 0 Å². The van der Waals surface area contributed by atoms with Gasteiger partial charge < -0.3 is 5.11 Å². The molecule has 0 saturated heterocycles. The second kappa shape index (κ2) is 6.55. The molecule has 3 nitrogen and oxygen atoms in total. The average molecular weight is 335 g/mol. The first kappa shape index (κ1) is 15.5. The third-order valence-corrected chi connectivity index (χ3v) is 3.88. The lowest BCUT2D eigenvalue weighted by Gasteiger charge is -2.26. The fraction of sp³-hybridized carbons (Fsp3) is 0.462. The van der Waals surface area contributed by atoms with E-state index in [0.717, 1.165) is 16.5 Å². The summed E-state index contributed by atoms with van der Waals surface area (Å²) in [5.41, 5.74) is 0.0939. The predicted octanol–water partition coefficient (Wildman–Crippen LogP) is 3.84. The van der Waals surface area contributed by atoms with Crippen molar-refractivity contribution in [2.75, 3.05) is 0 Å². The van der Waals surface area contributed by atoms with Gasteiger partial charge in [0.25, 0.3) is 0 Å². The molecule has 0 aliphatic rings. The van der Waals surface area contributed by atoms with E-state index in [2.05, 4.69) is 21.2 Å². The summed E-state index contributed by atoms with van der Waals surface area (Å²) in [6.45, 7) is 4.17. The molecule has 0 saturated carbocycles. The van der Waals surface area contributed by atoms with Gasteiger partial charge in [-0.3, -0.25) is 10.1 Å². The van der Waals surface area contributed by atoms with Crippen LogP contribution in [0, 0.1) is 0 Å². The van der Waals surface area contributed by atoms with Crippen molar-refractivity contribution in [1.82, 2.24) is 5.32 Å². The highest BCUT2D eigenvalue weighted by Crippen LogP contribution is 2.22. The van der Waals surface area contributed by atoms with Crippen LogP contribution in [0.3, 0.4) is 0 Å². The van der Waals surface area contributed by atoms with Gasteiger partial charge in [-0.15, -0.1) is 0 Å². The zero-order valence-corrected chi connectivity index (χ0v) is 12.8. The lowest BCUT2D eigenvalue weighted by atomic mass is 9.96. The summed E-state index contributed by atoms with van der Waals surface area (Å²) in [5.74, 6) is -0.825. The van der Waals surface area contributed by atoms with Crippen molar-refractivity contribution in [3.05, 3.63) is 33.3 Å². The third-order valence-electron chi connectivity index (χ3n) is 2.91. The van der Waals surface area contributed by atoms with Gasteiger partial charge in [-0.05, 0) is 31.0 Å². The highest BCUT2D eigenvalue weighted by molar-refractivity contribution is 9.10. The smallest absolute Gasteiger partial charge is 0.323 e. The number of halogens is 2. The zero-order valence-electron chi connectivity index (χ0n) is 10.5. The standard InChI is InChI=1S/C13H17BrClNO2/c1-3-6-13(2,12(17)18)16-8-9-4-5-10(15)7-11(9)14/h4-5,7,16H,3,6,8H2,1-2H3,(H,17,18). The van der Waals surface area contributed by atoms with Gasteiger partial charge in [-0.2, -0.15) is 0 Å². The summed E-state index contributed by atoms with van der Waals surface area (Å²) in [6.07, 6.45) is 1.41. The number of carboxylic acids is 1. The molecule has 0 radical (unpaired) electrons. The number of carboxylic acid groups (broad SMARTS) is 1. The van der Waals surface area contributed by atoms with Crippen LogP contribution in [0.15, 0.2) is 22.7 Å². The van der Waals surface area contributed by atoms with E-state index < -0.39 is 11.5 Å². The number of carbonyl (C=O) groups is 1. The maximum Gasteiger partial charge on any atom is 0.323 e. The Morgan fingerprint density at radius 3 is 2.72 bits per heavy atom. The van der Waals surface area contributed by atoms with Gasteiger partial charge in [-0.25, -0.2) is 0 Å². The summed E-state index contributed by atoms with van der Waals surface area (Å²) in [5, 5.41) is 13.0. The molecule has 0 fully saturated rings. The average Bonchev–Trinajstić information content (AvgIpc) is 2.28. The molecule has 0 aliphatic heterocycles. The first-order chi connectivity index (χ1) is 8.39. The van der Waals surface area contributed by atoms with E-state index in [4.69, 9.17) is 11.6 Å². The van der Waals surface area contributed by atoms with Crippen LogP contribution in [0.25, 0.3) is 0 Å². The van der Waals surface area contributed by atoms with Gasteiger partial charge in [-0.1, -0.05) is 46.9 Å². The van der Waals surface area contributed by atoms with Crippen LogP contribution in [0.5, 0.6) is 0 Å². The highest BCUT2D eigenvalue weighted by Gasteiger charge is 2.31. The van der Waals surface area contributed by atoms with Gasteiger partial charge >= 0.3 is 5.97 Å². The summed E-state index contributed by atoms with van der Waals surface area (Å²) >= 11 is 9.28. The van der Waals surface area contributed by atoms with E-state index in [9.17, 15) is 9.90 Å². The van der Waals surface area contributed by atoms with Crippen LogP contribution in [-0.2, 0) is 11.3 Å². The minimum absolute atomic E-state index is 0.487. The summed E-state index contributed by atoms with van der Waals surface area (Å²) in [4.78, 5) is 11.3. The van der Waals surface area contributed by atoms with Crippen molar-refractivity contribution in [2.45, 2.75) is 38.8 Å². The Balaban J connectivity index is 2.76. The number of benzene rings is 1. The van der Waals surface area contributed by atoms with E-state index in [0.29, 0.717) is 18.0 Å². The molecule has 0 heterocycles. The van der Waals surface area contributed by atoms with Crippen LogP contribution in [-0.4, -0.2) is 16.6 Å². The highest BCUT2D eigenvalue weighted by atomic mass is 79.9. The second-order valence-electron chi connectivity index (χ2n) is 4.48. The van der Waals surface area contributed by atoms with Gasteiger partial charge in [0.2, 0.25) is 0 Å². The summed E-state index contributed by atoms with van der Waals surface area (Å²) in [7, 11) is 0. The van der Waals surface area contributed by atoms with Gasteiger partial charge in [0.1, 0.15) is 5.54 Å². The van der Waals surface area contributed by atoms with Crippen molar-refractivity contribution in [3.8, 4) is 0 Å². The van der Waals surface area contributed by atoms with Crippen LogP contribution in [0.2, 0.25) is 5.02 Å². The maximum atomic E-state index is 11.3. The molecule has 1 atom stereocenters. The van der Waals surface area contributed by atoms with Crippen LogP contribution in [0.4, 0.5) is 0 Å². The Morgan fingerprint density at radius 2 is 2.22 bits per heavy atom. The summed E-state index contributed by atoms with van der Waals surface area (Å²) < 4.78 is 0.881. The zero-order chi connectivity index (χ0) is 13.8. The minimum Gasteiger partial charge on any atom is -0.480 e. The number of aliphatic carboxylic acids is 1. The molecule has 0 spiro atoms. The van der Waals surface area contributed by atoms with E-state index in [1.54, 1.807) is 19.1 Å². The first-order valence-electron chi connectivity index (χ1n) is 5.81. The van der Waals surface area contributed by atoms with Crippen molar-refractivity contribution in [1.29, 1.82) is 0 Å². The molecule has 100 valence electrons. The molecule has 5 heteroatoms. The van der Waals surface area contributed by atoms with E-state index >= 15 is 0 Å². The number of rotatable bonds is 6. The van der Waals surface area contributed by atoms with Crippen LogP contribution < -0.4 is 5.32 Å². The van der Waals surface area contributed by atoms with Crippen molar-refractivity contribution < 1.29 is 9.90 Å². The second-order valence-corrected chi connectivity index (χ2v) is 5.77. The largest absolute Gasteiger partial charge is 0.480 e. The Bertz CT molecular complexity index is 439. The quantitative estimate of drug-likeness (QED) is 0.831. The monoisotopic (exact) mass is 333 g/mol. The topological polar surface area (TPSA) is 49.3 Å². The molecule has 0 aliphatic carbocycles.